The summed E-state index contributed by atoms with van der Waals surface area (Å²) < 4.78 is 14.4. The van der Waals surface area contributed by atoms with E-state index in [1.165, 1.54) is 37.3 Å². The molecule has 1 fully saturated rings. The van der Waals surface area contributed by atoms with Crippen molar-refractivity contribution in [2.45, 2.75) is 101 Å². The van der Waals surface area contributed by atoms with Gasteiger partial charge in [-0.1, -0.05) is 58.4 Å². The number of hydrogen-bond acceptors (Lipinski definition) is 5. The molecule has 0 unspecified atom stereocenters. The summed E-state index contributed by atoms with van der Waals surface area (Å²) in [6, 6.07) is 8.55. The van der Waals surface area contributed by atoms with E-state index >= 15 is 0 Å². The van der Waals surface area contributed by atoms with Gasteiger partial charge >= 0.3 is 6.03 Å². The first-order chi connectivity index (χ1) is 47.5. The van der Waals surface area contributed by atoms with Crippen LogP contribution in [0.5, 0.6) is 11.5 Å². The van der Waals surface area contributed by atoms with Crippen molar-refractivity contribution in [3.8, 4) is 11.5 Å². The topological polar surface area (TPSA) is 105 Å². The Morgan fingerprint density at radius 2 is 0.688 bits per heavy atom. The second kappa shape index (κ2) is 11.6. The van der Waals surface area contributed by atoms with Crippen LogP contribution >= 0.6 is 0 Å². The maximum absolute atomic E-state index is 14.4. The number of nitrogens with zero attached hydrogens (tertiary/aromatic N) is 1. The molecule has 5 aliphatic rings. The number of nitrogens with one attached hydrogen (secondary N) is 3. The first-order valence-electron chi connectivity index (χ1n) is 36.3. The predicted octanol–water partition coefficient (Wildman–Crippen LogP) is 22.2. The van der Waals surface area contributed by atoms with Gasteiger partial charge in [0.25, 0.3) is 5.56 Å². The quantitative estimate of drug-likeness (QED) is 0.0586. The lowest BCUT2D eigenvalue weighted by molar-refractivity contribution is 0.251. The van der Waals surface area contributed by atoms with Crippen LogP contribution in [0.15, 0.2) is 29.1 Å². The SMILES string of the molecule is CCCCCCOc1ccc(C2(CCCNC(=O)Nc3nc(=O)cc(C)[nH]3)C34c5c6c7c8c9c%10c(c%11c%12c3c3c5c5c%13c6c6c7c7c9c9c%14c%10c%10c%11c%11c%12c%12c3c3c5c5c%13c%13c6c6c7c9c7c9c%14c%10c%10c%11c%11c%12c3c3c5c5c%13c6c7c6c9c%10c%11c3c56)C824)cc1OCCCCCC. The Bertz CT molecular complexity index is 7970. The third-order valence-electron chi connectivity index (χ3n) is 30.6. The highest BCUT2D eigenvalue weighted by molar-refractivity contribution is 6.82. The highest BCUT2D eigenvalue weighted by Crippen LogP contribution is 2.97. The average molecular weight is 1220 g/mol. The number of benzene rings is 19. The monoisotopic (exact) mass is 1220 g/mol. The minimum Gasteiger partial charge on any atom is -0.490 e. The third kappa shape index (κ3) is 2.99. The zero-order chi connectivity index (χ0) is 60.3. The summed E-state index contributed by atoms with van der Waals surface area (Å²) in [4.78, 5) is 34.4. The van der Waals surface area contributed by atoms with Crippen molar-refractivity contribution in [1.82, 2.24) is 15.3 Å². The summed E-state index contributed by atoms with van der Waals surface area (Å²) in [5.74, 6) is 1.90. The number of amides is 2. The van der Waals surface area contributed by atoms with Crippen molar-refractivity contribution in [2.75, 3.05) is 25.1 Å². The van der Waals surface area contributed by atoms with Gasteiger partial charge in [0.1, 0.15) is 0 Å². The molecule has 30 aromatic rings. The molecule has 0 bridgehead atoms. The number of ether oxygens (including phenoxy) is 2. The van der Waals surface area contributed by atoms with Crippen molar-refractivity contribution in [1.29, 1.82) is 0 Å². The molecule has 2 amide bonds. The largest absolute Gasteiger partial charge is 0.490 e. The molecule has 1 saturated carbocycles. The van der Waals surface area contributed by atoms with Gasteiger partial charge in [0, 0.05) is 34.6 Å². The molecule has 29 aromatic carbocycles. The van der Waals surface area contributed by atoms with Crippen LogP contribution in [0.25, 0.3) is 291 Å². The fourth-order valence-electron chi connectivity index (χ4n) is 29.5. The second-order valence-electron chi connectivity index (χ2n) is 32.9. The van der Waals surface area contributed by atoms with Crippen LogP contribution in [-0.4, -0.2) is 35.8 Å². The van der Waals surface area contributed by atoms with E-state index in [2.05, 4.69) is 52.6 Å². The van der Waals surface area contributed by atoms with Crippen LogP contribution in [-0.2, 0) is 16.2 Å². The molecule has 1 heterocycles. The number of carbonyl (C=O) groups excluding carboxylic acids is 1. The average Bonchev–Trinajstić information content (AvgIpc) is 1.36. The van der Waals surface area contributed by atoms with Crippen LogP contribution in [0.4, 0.5) is 10.7 Å². The van der Waals surface area contributed by atoms with Gasteiger partial charge in [-0.05, 0) is 363 Å². The van der Waals surface area contributed by atoms with Crippen molar-refractivity contribution in [3.63, 3.8) is 0 Å². The van der Waals surface area contributed by atoms with E-state index in [4.69, 9.17) is 9.47 Å². The minimum absolute atomic E-state index is 0.160. The van der Waals surface area contributed by atoms with E-state index < -0.39 is 16.2 Å². The van der Waals surface area contributed by atoms with Crippen molar-refractivity contribution in [3.05, 3.63) is 68.1 Å². The van der Waals surface area contributed by atoms with E-state index in [9.17, 15) is 9.59 Å². The number of H-pyrrole nitrogens is 1. The van der Waals surface area contributed by atoms with Gasteiger partial charge in [-0.15, -0.1) is 0 Å². The van der Waals surface area contributed by atoms with E-state index in [-0.39, 0.29) is 17.5 Å². The minimum atomic E-state index is -0.564. The first-order valence-corrected chi connectivity index (χ1v) is 36.3. The Morgan fingerprint density at radius 3 is 0.990 bits per heavy atom. The number of unbranched alkanes of at least 4 members (excludes halogenated alkanes) is 6. The van der Waals surface area contributed by atoms with Gasteiger partial charge in [-0.2, -0.15) is 4.98 Å². The number of aromatic amines is 1. The van der Waals surface area contributed by atoms with Crippen LogP contribution < -0.4 is 25.7 Å². The molecule has 438 valence electrons. The van der Waals surface area contributed by atoms with E-state index in [1.807, 2.05) is 6.92 Å². The second-order valence-corrected chi connectivity index (χ2v) is 32.9. The highest BCUT2D eigenvalue weighted by atomic mass is 16.5. The molecular weight excluding hydrogens is 1180 g/mol. The van der Waals surface area contributed by atoms with Gasteiger partial charge in [0.2, 0.25) is 5.95 Å². The Labute approximate surface area is 535 Å². The fraction of sp³-hybridized carbons (Fsp3) is 0.216. The molecule has 2 spiro atoms. The molecule has 35 rings (SSSR count). The Kier molecular flexibility index (Phi) is 5.23. The molecule has 1 aromatic heterocycles. The molecular formula is C88H42N4O4. The van der Waals surface area contributed by atoms with Crippen LogP contribution in [0.1, 0.15) is 112 Å². The molecule has 3 N–H and O–H groups in total. The van der Waals surface area contributed by atoms with Gasteiger partial charge in [-0.25, -0.2) is 4.79 Å². The van der Waals surface area contributed by atoms with Crippen LogP contribution in [0.3, 0.4) is 0 Å². The summed E-state index contributed by atoms with van der Waals surface area (Å²) in [6.07, 6.45) is 10.6. The Morgan fingerprint density at radius 1 is 0.385 bits per heavy atom. The first kappa shape index (κ1) is 43.4. The van der Waals surface area contributed by atoms with Crippen LogP contribution in [0, 0.1) is 6.92 Å². The van der Waals surface area contributed by atoms with E-state index in [1.54, 1.807) is 313 Å². The van der Waals surface area contributed by atoms with Gasteiger partial charge < -0.3 is 19.8 Å². The lowest BCUT2D eigenvalue weighted by Gasteiger charge is -2.32. The zero-order valence-corrected chi connectivity index (χ0v) is 52.1. The summed E-state index contributed by atoms with van der Waals surface area (Å²) in [5, 5.41) is 92.5. The molecule has 8 heteroatoms. The molecule has 8 nitrogen and oxygen atoms in total. The maximum atomic E-state index is 14.4. The summed E-state index contributed by atoms with van der Waals surface area (Å²) in [5.41, 5.74) is 6.60. The molecule has 5 aliphatic carbocycles. The summed E-state index contributed by atoms with van der Waals surface area (Å²) >= 11 is 0. The smallest absolute Gasteiger partial charge is 0.321 e. The standard InChI is InChI=1S/C88H42N4O4/c1-4-6-8-10-17-95-23-14-13-22(20-24(23)96-18-11-9-7-5-2)86(15-12-16-89-85(94)92-84-90-21(3)19-25(93)91-84)87-80-72-64-54-44-36-28-26-27-30-34-32(28)40-48-42(34)52-46-38(30)39-31(27)35-33-29(26)37(36)45-51-41(33)49-43(35)53-47(39)57-56(46)66-60(52)70-62(48)68(58(64)50(40)44)76(80)78(70)82-74(66)75-67(57)61(53)71-63(49)69-59(51)65(55(45)54)73(72)81(87)77(69)79(71)83(75)88(82,86)87/h13-14,19-20H,4-12,15-18H2,1-3H3,(H3,89,90,91,92,93,94). The van der Waals surface area contributed by atoms with Crippen LogP contribution in [0.2, 0.25) is 0 Å². The molecule has 0 aliphatic heterocycles. The van der Waals surface area contributed by atoms with Gasteiger partial charge in [0.05, 0.1) is 13.2 Å². The van der Waals surface area contributed by atoms with Crippen molar-refractivity contribution in [2.24, 2.45) is 0 Å². The van der Waals surface area contributed by atoms with Gasteiger partial charge in [0.15, 0.2) is 11.5 Å². The summed E-state index contributed by atoms with van der Waals surface area (Å²) in [7, 11) is 0. The zero-order valence-electron chi connectivity index (χ0n) is 52.1. The van der Waals surface area contributed by atoms with Crippen molar-refractivity contribution >= 4 is 303 Å². The molecule has 0 atom stereocenters. The third-order valence-corrected chi connectivity index (χ3v) is 30.6. The summed E-state index contributed by atoms with van der Waals surface area (Å²) in [6.45, 7) is 8.14. The number of urea groups is 1. The normalized spacial score (nSPS) is 20.8. The molecule has 0 radical (unpaired) electrons. The number of aromatic nitrogens is 2. The highest BCUT2D eigenvalue weighted by Gasteiger charge is 2.94. The van der Waals surface area contributed by atoms with Gasteiger partial charge in [-0.3, -0.25) is 10.1 Å². The lowest BCUT2D eigenvalue weighted by atomic mass is 9.68. The fourth-order valence-corrected chi connectivity index (χ4v) is 29.5. The Balaban J connectivity index is 0.817. The molecule has 0 saturated heterocycles. The number of hydrogen-bond donors (Lipinski definition) is 3. The Hall–Kier alpha value is -10.6. The molecule has 96 heavy (non-hydrogen) atoms. The number of carbonyl (C=O) groups is 1. The maximum Gasteiger partial charge on any atom is 0.321 e. The lowest BCUT2D eigenvalue weighted by Crippen LogP contribution is -2.32. The van der Waals surface area contributed by atoms with E-state index in [0.717, 1.165) is 50.0 Å². The number of aryl methyl sites for hydroxylation is 1. The number of rotatable bonds is 18. The number of anilines is 1. The predicted molar refractivity (Wildman–Crippen MR) is 397 cm³/mol. The van der Waals surface area contributed by atoms with Crippen molar-refractivity contribution < 1.29 is 14.3 Å². The van der Waals surface area contributed by atoms with E-state index in [0.29, 0.717) is 25.5 Å².